The van der Waals surface area contributed by atoms with Crippen LogP contribution >= 0.6 is 23.2 Å². The summed E-state index contributed by atoms with van der Waals surface area (Å²) in [6.07, 6.45) is 0. The Morgan fingerprint density at radius 3 is 1.44 bits per heavy atom. The third-order valence-electron chi connectivity index (χ3n) is 5.61. The van der Waals surface area contributed by atoms with Crippen molar-refractivity contribution in [1.29, 1.82) is 0 Å². The standard InChI is InChI=1S/C11H17NO2S.2C10H14ClNO2S/c1-9(2)8-12-15(13,14)11-6-4-10(3)5-7-11;1-8(2)7-12-15(13,14)10-5-3-4-9(11)6-10;1-8(2)7-12-15(13,14)10-6-4-3-5-9(10)11/h4-7,9,12H,8H2,1-3H3;2*3-6,8,12H,7H2,1-2H3. The van der Waals surface area contributed by atoms with Crippen molar-refractivity contribution in [3.05, 3.63) is 88.4 Å². The summed E-state index contributed by atoms with van der Waals surface area (Å²) >= 11 is 11.5. The van der Waals surface area contributed by atoms with Crippen molar-refractivity contribution in [2.24, 2.45) is 17.8 Å². The Balaban J connectivity index is 0.000000337. The van der Waals surface area contributed by atoms with Gasteiger partial charge in [-0.3, -0.25) is 0 Å². The minimum Gasteiger partial charge on any atom is -0.211 e. The predicted octanol–water partition coefficient (Wildman–Crippen LogP) is 6.48. The first-order chi connectivity index (χ1) is 20.8. The number of halogens is 2. The van der Waals surface area contributed by atoms with Crippen LogP contribution in [-0.4, -0.2) is 44.9 Å². The summed E-state index contributed by atoms with van der Waals surface area (Å²) in [5.41, 5.74) is 1.05. The van der Waals surface area contributed by atoms with E-state index in [9.17, 15) is 25.3 Å². The lowest BCUT2D eigenvalue weighted by atomic mass is 10.2. The van der Waals surface area contributed by atoms with Crippen LogP contribution in [0.1, 0.15) is 47.1 Å². The molecule has 0 amide bonds. The monoisotopic (exact) mass is 721 g/mol. The van der Waals surface area contributed by atoms with Gasteiger partial charge in [-0.15, -0.1) is 0 Å². The Hall–Kier alpha value is -2.03. The fourth-order valence-electron chi connectivity index (χ4n) is 3.09. The number of benzene rings is 3. The highest BCUT2D eigenvalue weighted by Gasteiger charge is 2.17. The van der Waals surface area contributed by atoms with Crippen molar-refractivity contribution in [3.8, 4) is 0 Å². The van der Waals surface area contributed by atoms with Crippen LogP contribution in [0.15, 0.2) is 87.5 Å². The second-order valence-corrected chi connectivity index (χ2v) is 17.6. The van der Waals surface area contributed by atoms with Crippen molar-refractivity contribution < 1.29 is 25.3 Å². The van der Waals surface area contributed by atoms with Crippen LogP contribution in [0.2, 0.25) is 10.0 Å². The van der Waals surface area contributed by atoms with E-state index in [1.807, 2.05) is 48.5 Å². The van der Waals surface area contributed by atoms with Gasteiger partial charge < -0.3 is 0 Å². The maximum absolute atomic E-state index is 11.8. The van der Waals surface area contributed by atoms with Crippen LogP contribution in [0.5, 0.6) is 0 Å². The summed E-state index contributed by atoms with van der Waals surface area (Å²) in [7, 11) is -10.2. The Morgan fingerprint density at radius 1 is 0.556 bits per heavy atom. The lowest BCUT2D eigenvalue weighted by molar-refractivity contribution is 0.559. The van der Waals surface area contributed by atoms with Crippen LogP contribution in [0.3, 0.4) is 0 Å². The molecule has 0 saturated heterocycles. The van der Waals surface area contributed by atoms with Gasteiger partial charge in [-0.2, -0.15) is 0 Å². The fourth-order valence-corrected chi connectivity index (χ4v) is 7.55. The zero-order valence-electron chi connectivity index (χ0n) is 26.7. The number of hydrogen-bond donors (Lipinski definition) is 3. The summed E-state index contributed by atoms with van der Waals surface area (Å²) < 4.78 is 78.0. The topological polar surface area (TPSA) is 139 Å². The van der Waals surface area contributed by atoms with Gasteiger partial charge in [-0.1, -0.05) is 101 Å². The third-order valence-corrected chi connectivity index (χ3v) is 10.6. The maximum atomic E-state index is 11.8. The van der Waals surface area contributed by atoms with Crippen molar-refractivity contribution in [1.82, 2.24) is 14.2 Å². The molecule has 0 bridgehead atoms. The number of aryl methyl sites for hydroxylation is 1. The predicted molar refractivity (Wildman–Crippen MR) is 184 cm³/mol. The number of hydrogen-bond acceptors (Lipinski definition) is 6. The third kappa shape index (κ3) is 15.9. The van der Waals surface area contributed by atoms with Crippen LogP contribution in [0, 0.1) is 24.7 Å². The van der Waals surface area contributed by atoms with E-state index in [0.717, 1.165) is 5.56 Å². The number of sulfonamides is 3. The summed E-state index contributed by atoms with van der Waals surface area (Å²) in [4.78, 5) is 0.664. The smallest absolute Gasteiger partial charge is 0.211 e. The summed E-state index contributed by atoms with van der Waals surface area (Å²) in [6, 6.07) is 19.5. The Morgan fingerprint density at radius 2 is 1.00 bits per heavy atom. The zero-order valence-corrected chi connectivity index (χ0v) is 30.7. The van der Waals surface area contributed by atoms with E-state index in [2.05, 4.69) is 14.2 Å². The zero-order chi connectivity index (χ0) is 34.4. The maximum Gasteiger partial charge on any atom is 0.242 e. The highest BCUT2D eigenvalue weighted by molar-refractivity contribution is 7.90. The minimum absolute atomic E-state index is 0.132. The Bertz CT molecular complexity index is 1660. The first-order valence-corrected chi connectivity index (χ1v) is 19.5. The minimum atomic E-state index is -3.47. The molecule has 3 aromatic rings. The molecule has 0 atom stereocenters. The van der Waals surface area contributed by atoms with E-state index in [1.54, 1.807) is 54.6 Å². The molecule has 0 aliphatic carbocycles. The molecule has 45 heavy (non-hydrogen) atoms. The first kappa shape index (κ1) is 41.0. The average molecular weight is 723 g/mol. The Labute approximate surface area is 280 Å². The van der Waals surface area contributed by atoms with E-state index in [-0.39, 0.29) is 26.6 Å². The van der Waals surface area contributed by atoms with Gasteiger partial charge in [0.05, 0.1) is 14.8 Å². The molecule has 9 nitrogen and oxygen atoms in total. The normalized spacial score (nSPS) is 12.0. The lowest BCUT2D eigenvalue weighted by Crippen LogP contribution is -2.27. The van der Waals surface area contributed by atoms with Crippen LogP contribution < -0.4 is 14.2 Å². The molecule has 252 valence electrons. The summed E-state index contributed by atoms with van der Waals surface area (Å²) in [5.74, 6) is 0.853. The molecule has 0 aliphatic rings. The fraction of sp³-hybridized carbons (Fsp3) is 0.419. The van der Waals surface area contributed by atoms with E-state index in [4.69, 9.17) is 23.2 Å². The van der Waals surface area contributed by atoms with E-state index in [1.165, 1.54) is 18.2 Å². The quantitative estimate of drug-likeness (QED) is 0.196. The van der Waals surface area contributed by atoms with Crippen molar-refractivity contribution in [2.45, 2.75) is 63.2 Å². The first-order valence-electron chi connectivity index (χ1n) is 14.3. The largest absolute Gasteiger partial charge is 0.242 e. The Kier molecular flexibility index (Phi) is 17.3. The second kappa shape index (κ2) is 19.0. The second-order valence-electron chi connectivity index (χ2n) is 11.4. The highest BCUT2D eigenvalue weighted by Crippen LogP contribution is 2.20. The summed E-state index contributed by atoms with van der Waals surface area (Å²) in [6.45, 7) is 14.9. The van der Waals surface area contributed by atoms with Crippen LogP contribution in [-0.2, 0) is 30.1 Å². The molecule has 14 heteroatoms. The number of nitrogens with one attached hydrogen (secondary N) is 3. The van der Waals surface area contributed by atoms with Gasteiger partial charge in [0.15, 0.2) is 0 Å². The molecule has 0 fully saturated rings. The lowest BCUT2D eigenvalue weighted by Gasteiger charge is -2.09. The van der Waals surface area contributed by atoms with Crippen LogP contribution in [0.25, 0.3) is 0 Å². The molecule has 0 heterocycles. The van der Waals surface area contributed by atoms with Crippen molar-refractivity contribution in [3.63, 3.8) is 0 Å². The van der Waals surface area contributed by atoms with E-state index < -0.39 is 30.1 Å². The van der Waals surface area contributed by atoms with Gasteiger partial charge in [0.25, 0.3) is 0 Å². The van der Waals surface area contributed by atoms with Crippen molar-refractivity contribution >= 4 is 53.3 Å². The molecule has 0 aromatic heterocycles. The molecular formula is C31H45Cl2N3O6S3. The van der Waals surface area contributed by atoms with Crippen LogP contribution in [0.4, 0.5) is 0 Å². The van der Waals surface area contributed by atoms with E-state index in [0.29, 0.717) is 35.5 Å². The van der Waals surface area contributed by atoms with Gasteiger partial charge >= 0.3 is 0 Å². The molecule has 0 radical (unpaired) electrons. The van der Waals surface area contributed by atoms with E-state index >= 15 is 0 Å². The molecule has 0 spiro atoms. The molecule has 0 saturated carbocycles. The molecule has 3 N–H and O–H groups in total. The van der Waals surface area contributed by atoms with Gasteiger partial charge in [0, 0.05) is 24.7 Å². The van der Waals surface area contributed by atoms with Gasteiger partial charge in [-0.05, 0) is 67.1 Å². The molecule has 3 aromatic carbocycles. The number of rotatable bonds is 12. The average Bonchev–Trinajstić information content (AvgIpc) is 2.95. The van der Waals surface area contributed by atoms with Crippen molar-refractivity contribution in [2.75, 3.05) is 19.6 Å². The van der Waals surface area contributed by atoms with Gasteiger partial charge in [0.2, 0.25) is 30.1 Å². The summed E-state index contributed by atoms with van der Waals surface area (Å²) in [5, 5.41) is 0.663. The SMILES string of the molecule is CC(C)CNS(=O)(=O)c1cccc(Cl)c1.CC(C)CNS(=O)(=O)c1ccccc1Cl.Cc1ccc(S(=O)(=O)NCC(C)C)cc1. The molecular weight excluding hydrogens is 677 g/mol. The molecule has 0 aliphatic heterocycles. The molecule has 0 unspecified atom stereocenters. The van der Waals surface area contributed by atoms with Gasteiger partial charge in [-0.25, -0.2) is 39.4 Å². The highest BCUT2D eigenvalue weighted by atomic mass is 35.5. The molecule has 3 rings (SSSR count). The van der Waals surface area contributed by atoms with Gasteiger partial charge in [0.1, 0.15) is 4.90 Å².